The van der Waals surface area contributed by atoms with E-state index in [1.54, 1.807) is 6.07 Å². The lowest BCUT2D eigenvalue weighted by Crippen LogP contribution is -2.38. The van der Waals surface area contributed by atoms with Gasteiger partial charge in [-0.2, -0.15) is 0 Å². The first-order valence-electron chi connectivity index (χ1n) is 13.7. The van der Waals surface area contributed by atoms with Crippen molar-refractivity contribution in [3.8, 4) is 11.3 Å². The van der Waals surface area contributed by atoms with Gasteiger partial charge in [0, 0.05) is 47.8 Å². The number of nitrogens with zero attached hydrogens (tertiary/aromatic N) is 3. The van der Waals surface area contributed by atoms with Crippen molar-refractivity contribution in [3.05, 3.63) is 53.6 Å². The zero-order valence-electron chi connectivity index (χ0n) is 20.7. The van der Waals surface area contributed by atoms with Gasteiger partial charge in [-0.3, -0.25) is 0 Å². The summed E-state index contributed by atoms with van der Waals surface area (Å²) >= 11 is 0. The molecule has 2 fully saturated rings. The molecule has 6 rings (SSSR count). The Morgan fingerprint density at radius 2 is 1.66 bits per heavy atom. The van der Waals surface area contributed by atoms with Crippen LogP contribution in [0.4, 0.5) is 5.69 Å². The second-order valence-electron chi connectivity index (χ2n) is 10.7. The van der Waals surface area contributed by atoms with E-state index in [1.165, 1.54) is 92.5 Å². The molecule has 1 aliphatic carbocycles. The second kappa shape index (κ2) is 9.69. The zero-order valence-corrected chi connectivity index (χ0v) is 20.7. The summed E-state index contributed by atoms with van der Waals surface area (Å²) in [6.45, 7) is 5.59. The van der Waals surface area contributed by atoms with E-state index < -0.39 is 5.97 Å². The van der Waals surface area contributed by atoms with Gasteiger partial charge in [0.15, 0.2) is 0 Å². The van der Waals surface area contributed by atoms with Crippen LogP contribution in [0.1, 0.15) is 73.3 Å². The first-order chi connectivity index (χ1) is 17.2. The van der Waals surface area contributed by atoms with Crippen LogP contribution in [0, 0.1) is 0 Å². The molecular weight excluding hydrogens is 434 g/mol. The standard InChI is InChI=1S/C30H37N3O2/c34-30(35)22-13-14-28-26(21-22)24-15-18-32(20-19-31-16-7-2-8-17-31)27-12-6-5-11-25(27)29(24)33(28)23-9-3-1-4-10-23/h5-6,11-14,21,23H,1-4,7-10,15-20H2,(H,34,35). The lowest BCUT2D eigenvalue weighted by Gasteiger charge is -2.32. The fourth-order valence-electron chi connectivity index (χ4n) is 6.77. The minimum atomic E-state index is -0.844. The number of likely N-dealkylation sites (tertiary alicyclic amines) is 1. The molecule has 3 aliphatic rings. The maximum atomic E-state index is 11.9. The number of benzene rings is 2. The number of anilines is 1. The molecule has 0 radical (unpaired) electrons. The summed E-state index contributed by atoms with van der Waals surface area (Å²) in [5.74, 6) is -0.844. The smallest absolute Gasteiger partial charge is 0.335 e. The summed E-state index contributed by atoms with van der Waals surface area (Å²) in [6, 6.07) is 15.2. The van der Waals surface area contributed by atoms with Crippen LogP contribution in [0.15, 0.2) is 42.5 Å². The molecule has 3 heterocycles. The first kappa shape index (κ1) is 22.7. The molecule has 0 spiro atoms. The average molecular weight is 472 g/mol. The molecule has 1 aromatic heterocycles. The molecule has 3 aromatic rings. The number of hydrogen-bond donors (Lipinski definition) is 1. The Hall–Kier alpha value is -2.79. The van der Waals surface area contributed by atoms with Gasteiger partial charge in [0.1, 0.15) is 0 Å². The number of rotatable bonds is 5. The molecule has 5 heteroatoms. The number of fused-ring (bicyclic) bond motifs is 5. The highest BCUT2D eigenvalue weighted by Gasteiger charge is 2.30. The fourth-order valence-corrected chi connectivity index (χ4v) is 6.77. The third-order valence-electron chi connectivity index (χ3n) is 8.56. The molecule has 2 aromatic carbocycles. The molecule has 1 N–H and O–H groups in total. The van der Waals surface area contributed by atoms with Gasteiger partial charge >= 0.3 is 5.97 Å². The Balaban J connectivity index is 1.46. The predicted octanol–water partition coefficient (Wildman–Crippen LogP) is 6.36. The Morgan fingerprint density at radius 3 is 2.46 bits per heavy atom. The highest BCUT2D eigenvalue weighted by molar-refractivity contribution is 5.99. The molecule has 0 bridgehead atoms. The van der Waals surface area contributed by atoms with E-state index in [1.807, 2.05) is 6.07 Å². The van der Waals surface area contributed by atoms with Crippen LogP contribution in [0.2, 0.25) is 0 Å². The van der Waals surface area contributed by atoms with Crippen LogP contribution in [-0.4, -0.2) is 53.3 Å². The van der Waals surface area contributed by atoms with Gasteiger partial charge in [0.25, 0.3) is 0 Å². The van der Waals surface area contributed by atoms with Crippen LogP contribution in [0.5, 0.6) is 0 Å². The number of carboxylic acids is 1. The van der Waals surface area contributed by atoms with E-state index in [0.29, 0.717) is 11.6 Å². The molecule has 5 nitrogen and oxygen atoms in total. The Labute approximate surface area is 208 Å². The van der Waals surface area contributed by atoms with Crippen molar-refractivity contribution in [2.24, 2.45) is 0 Å². The van der Waals surface area contributed by atoms with Gasteiger partial charge < -0.3 is 19.5 Å². The quantitative estimate of drug-likeness (QED) is 0.470. The Morgan fingerprint density at radius 1 is 0.886 bits per heavy atom. The molecule has 1 saturated heterocycles. The third-order valence-corrected chi connectivity index (χ3v) is 8.56. The highest BCUT2D eigenvalue weighted by atomic mass is 16.4. The van der Waals surface area contributed by atoms with E-state index >= 15 is 0 Å². The highest BCUT2D eigenvalue weighted by Crippen LogP contribution is 2.45. The van der Waals surface area contributed by atoms with Crippen LogP contribution < -0.4 is 4.90 Å². The molecule has 1 saturated carbocycles. The van der Waals surface area contributed by atoms with Crippen molar-refractivity contribution in [3.63, 3.8) is 0 Å². The second-order valence-corrected chi connectivity index (χ2v) is 10.7. The SMILES string of the molecule is O=C(O)c1ccc2c(c1)c1c(n2C2CCCCC2)-c2ccccc2N(CCN2CCCCC2)CC1. The summed E-state index contributed by atoms with van der Waals surface area (Å²) in [4.78, 5) is 17.1. The number of carbonyl (C=O) groups is 1. The number of piperidine rings is 1. The molecule has 2 aliphatic heterocycles. The van der Waals surface area contributed by atoms with Gasteiger partial charge in [0.2, 0.25) is 0 Å². The van der Waals surface area contributed by atoms with Crippen molar-refractivity contribution >= 4 is 22.6 Å². The molecular formula is C30H37N3O2. The molecule has 0 atom stereocenters. The monoisotopic (exact) mass is 471 g/mol. The summed E-state index contributed by atoms with van der Waals surface area (Å²) in [5.41, 5.74) is 6.93. The molecule has 0 amide bonds. The number of carboxylic acid groups (broad SMARTS) is 1. The van der Waals surface area contributed by atoms with Crippen molar-refractivity contribution in [1.29, 1.82) is 0 Å². The van der Waals surface area contributed by atoms with E-state index in [9.17, 15) is 9.90 Å². The number of para-hydroxylation sites is 1. The lowest BCUT2D eigenvalue weighted by atomic mass is 9.94. The summed E-state index contributed by atoms with van der Waals surface area (Å²) in [7, 11) is 0. The Bertz CT molecular complexity index is 1220. The van der Waals surface area contributed by atoms with Crippen molar-refractivity contribution in [1.82, 2.24) is 9.47 Å². The minimum absolute atomic E-state index is 0.389. The van der Waals surface area contributed by atoms with E-state index in [2.05, 4.69) is 44.7 Å². The van der Waals surface area contributed by atoms with Crippen LogP contribution >= 0.6 is 0 Å². The van der Waals surface area contributed by atoms with Crippen LogP contribution in [-0.2, 0) is 6.42 Å². The van der Waals surface area contributed by atoms with E-state index in [4.69, 9.17) is 0 Å². The van der Waals surface area contributed by atoms with Crippen molar-refractivity contribution in [2.75, 3.05) is 37.6 Å². The van der Waals surface area contributed by atoms with E-state index in [-0.39, 0.29) is 0 Å². The molecule has 0 unspecified atom stereocenters. The van der Waals surface area contributed by atoms with Crippen LogP contribution in [0.25, 0.3) is 22.2 Å². The summed E-state index contributed by atoms with van der Waals surface area (Å²) in [6.07, 6.45) is 11.2. The molecule has 184 valence electrons. The fraction of sp³-hybridized carbons (Fsp3) is 0.500. The zero-order chi connectivity index (χ0) is 23.8. The first-order valence-corrected chi connectivity index (χ1v) is 13.7. The van der Waals surface area contributed by atoms with Gasteiger partial charge in [-0.15, -0.1) is 0 Å². The maximum Gasteiger partial charge on any atom is 0.335 e. The number of hydrogen-bond acceptors (Lipinski definition) is 3. The topological polar surface area (TPSA) is 48.7 Å². The van der Waals surface area contributed by atoms with Crippen LogP contribution in [0.3, 0.4) is 0 Å². The van der Waals surface area contributed by atoms with E-state index in [0.717, 1.165) is 31.4 Å². The predicted molar refractivity (Wildman–Crippen MR) is 143 cm³/mol. The number of aromatic carboxylic acids is 1. The van der Waals surface area contributed by atoms with Crippen molar-refractivity contribution < 1.29 is 9.90 Å². The summed E-state index contributed by atoms with van der Waals surface area (Å²) < 4.78 is 2.60. The minimum Gasteiger partial charge on any atom is -0.478 e. The largest absolute Gasteiger partial charge is 0.478 e. The average Bonchev–Trinajstić information content (AvgIpc) is 3.14. The Kier molecular flexibility index (Phi) is 6.28. The van der Waals surface area contributed by atoms with Crippen molar-refractivity contribution in [2.45, 2.75) is 63.8 Å². The van der Waals surface area contributed by atoms with Gasteiger partial charge in [-0.05, 0) is 75.0 Å². The lowest BCUT2D eigenvalue weighted by molar-refractivity contribution is 0.0697. The molecule has 35 heavy (non-hydrogen) atoms. The number of aromatic nitrogens is 1. The van der Waals surface area contributed by atoms with Gasteiger partial charge in [-0.25, -0.2) is 4.79 Å². The maximum absolute atomic E-state index is 11.9. The third kappa shape index (κ3) is 4.24. The van der Waals surface area contributed by atoms with Gasteiger partial charge in [0.05, 0.1) is 11.3 Å². The summed E-state index contributed by atoms with van der Waals surface area (Å²) in [5, 5.41) is 10.9. The normalized spacial score (nSPS) is 19.4. The van der Waals surface area contributed by atoms with Gasteiger partial charge in [-0.1, -0.05) is 43.9 Å².